The second kappa shape index (κ2) is 4.61. The zero-order valence-corrected chi connectivity index (χ0v) is 10.6. The molecule has 1 aromatic rings. The maximum Gasteiger partial charge on any atom is 0.318 e. The summed E-state index contributed by atoms with van der Waals surface area (Å²) in [5, 5.41) is 6.41. The number of benzene rings is 1. The Hall–Kier alpha value is -1.55. The van der Waals surface area contributed by atoms with E-state index in [4.69, 9.17) is 0 Å². The van der Waals surface area contributed by atoms with Crippen LogP contribution in [0.4, 0.5) is 4.79 Å². The van der Waals surface area contributed by atoms with E-state index >= 15 is 0 Å². The largest absolute Gasteiger partial charge is 0.329 e. The molecule has 2 atom stereocenters. The number of nitrogens with one attached hydrogen (secondary N) is 2. The van der Waals surface area contributed by atoms with Gasteiger partial charge in [0.1, 0.15) is 0 Å². The SMILES string of the molecule is Cc1ccccc1C1CN(C2CCNC2)C(=O)N1. The maximum atomic E-state index is 12.0. The normalized spacial score (nSPS) is 27.6. The molecule has 18 heavy (non-hydrogen) atoms. The number of carbonyl (C=O) groups excluding carboxylic acids is 1. The minimum Gasteiger partial charge on any atom is -0.329 e. The molecular formula is C14H19N3O. The first-order valence-electron chi connectivity index (χ1n) is 6.59. The van der Waals surface area contributed by atoms with Crippen molar-refractivity contribution < 1.29 is 4.79 Å². The zero-order chi connectivity index (χ0) is 12.5. The number of carbonyl (C=O) groups is 1. The van der Waals surface area contributed by atoms with Crippen LogP contribution in [0.1, 0.15) is 23.6 Å². The number of aryl methyl sites for hydroxylation is 1. The summed E-state index contributed by atoms with van der Waals surface area (Å²) in [6.45, 7) is 4.83. The molecular weight excluding hydrogens is 226 g/mol. The standard InChI is InChI=1S/C14H19N3O/c1-10-4-2-3-5-12(10)13-9-17(14(18)16-13)11-6-7-15-8-11/h2-5,11,13,15H,6-9H2,1H3,(H,16,18). The van der Waals surface area contributed by atoms with Gasteiger partial charge in [0.05, 0.1) is 6.04 Å². The van der Waals surface area contributed by atoms with E-state index in [1.54, 1.807) is 0 Å². The maximum absolute atomic E-state index is 12.0. The lowest BCUT2D eigenvalue weighted by Crippen LogP contribution is -2.39. The van der Waals surface area contributed by atoms with E-state index in [1.165, 1.54) is 11.1 Å². The third kappa shape index (κ3) is 1.97. The molecule has 0 saturated carbocycles. The van der Waals surface area contributed by atoms with Gasteiger partial charge in [-0.25, -0.2) is 4.79 Å². The summed E-state index contributed by atoms with van der Waals surface area (Å²) in [6, 6.07) is 8.86. The molecule has 3 rings (SSSR count). The molecule has 2 unspecified atom stereocenters. The molecule has 2 fully saturated rings. The van der Waals surface area contributed by atoms with Crippen LogP contribution >= 0.6 is 0 Å². The average Bonchev–Trinajstić information content (AvgIpc) is 2.98. The predicted molar refractivity (Wildman–Crippen MR) is 70.4 cm³/mol. The summed E-state index contributed by atoms with van der Waals surface area (Å²) >= 11 is 0. The Labute approximate surface area is 107 Å². The quantitative estimate of drug-likeness (QED) is 0.827. The van der Waals surface area contributed by atoms with Gasteiger partial charge in [-0.15, -0.1) is 0 Å². The van der Waals surface area contributed by atoms with Crippen LogP contribution in [-0.2, 0) is 0 Å². The van der Waals surface area contributed by atoms with Crippen LogP contribution in [-0.4, -0.2) is 36.6 Å². The number of hydrogen-bond acceptors (Lipinski definition) is 2. The Kier molecular flexibility index (Phi) is 2.96. The minimum absolute atomic E-state index is 0.0805. The van der Waals surface area contributed by atoms with Gasteiger partial charge < -0.3 is 15.5 Å². The minimum atomic E-state index is 0.0805. The summed E-state index contributed by atoms with van der Waals surface area (Å²) < 4.78 is 0. The molecule has 2 heterocycles. The first-order chi connectivity index (χ1) is 8.75. The van der Waals surface area contributed by atoms with E-state index in [9.17, 15) is 4.79 Å². The van der Waals surface area contributed by atoms with Crippen molar-refractivity contribution in [2.75, 3.05) is 19.6 Å². The van der Waals surface area contributed by atoms with Crippen molar-refractivity contribution in [2.45, 2.75) is 25.4 Å². The molecule has 4 heteroatoms. The van der Waals surface area contributed by atoms with Crippen LogP contribution in [0.2, 0.25) is 0 Å². The van der Waals surface area contributed by atoms with Crippen molar-refractivity contribution in [3.05, 3.63) is 35.4 Å². The van der Waals surface area contributed by atoms with Crippen LogP contribution in [0, 0.1) is 6.92 Å². The molecule has 2 aliphatic rings. The number of urea groups is 1. The summed E-state index contributed by atoms with van der Waals surface area (Å²) in [4.78, 5) is 14.0. The molecule has 0 aromatic heterocycles. The second-order valence-electron chi connectivity index (χ2n) is 5.16. The van der Waals surface area contributed by atoms with E-state index < -0.39 is 0 Å². The van der Waals surface area contributed by atoms with Crippen LogP contribution in [0.15, 0.2) is 24.3 Å². The number of hydrogen-bond donors (Lipinski definition) is 2. The molecule has 0 spiro atoms. The highest BCUT2D eigenvalue weighted by Crippen LogP contribution is 2.25. The Morgan fingerprint density at radius 1 is 1.33 bits per heavy atom. The summed E-state index contributed by atoms with van der Waals surface area (Å²) in [5.74, 6) is 0. The van der Waals surface area contributed by atoms with Gasteiger partial charge in [-0.2, -0.15) is 0 Å². The molecule has 0 aliphatic carbocycles. The Morgan fingerprint density at radius 3 is 2.89 bits per heavy atom. The fraction of sp³-hybridized carbons (Fsp3) is 0.500. The Balaban J connectivity index is 1.77. The molecule has 4 nitrogen and oxygen atoms in total. The lowest BCUT2D eigenvalue weighted by molar-refractivity contribution is 0.201. The first kappa shape index (κ1) is 11.5. The average molecular weight is 245 g/mol. The van der Waals surface area contributed by atoms with E-state index in [0.29, 0.717) is 6.04 Å². The topological polar surface area (TPSA) is 44.4 Å². The van der Waals surface area contributed by atoms with Gasteiger partial charge in [0, 0.05) is 19.1 Å². The molecule has 0 radical (unpaired) electrons. The van der Waals surface area contributed by atoms with Crippen molar-refractivity contribution >= 4 is 6.03 Å². The van der Waals surface area contributed by atoms with Crippen LogP contribution in [0.25, 0.3) is 0 Å². The van der Waals surface area contributed by atoms with Crippen molar-refractivity contribution in [3.8, 4) is 0 Å². The molecule has 2 amide bonds. The fourth-order valence-corrected chi connectivity index (χ4v) is 2.93. The third-order valence-electron chi connectivity index (χ3n) is 3.98. The zero-order valence-electron chi connectivity index (χ0n) is 10.6. The lowest BCUT2D eigenvalue weighted by atomic mass is 10.0. The van der Waals surface area contributed by atoms with Gasteiger partial charge >= 0.3 is 6.03 Å². The lowest BCUT2D eigenvalue weighted by Gasteiger charge is -2.21. The van der Waals surface area contributed by atoms with Crippen LogP contribution < -0.4 is 10.6 Å². The molecule has 1 aromatic carbocycles. The molecule has 0 bridgehead atoms. The second-order valence-corrected chi connectivity index (χ2v) is 5.16. The van der Waals surface area contributed by atoms with Crippen molar-refractivity contribution in [2.24, 2.45) is 0 Å². The van der Waals surface area contributed by atoms with E-state index in [1.807, 2.05) is 17.0 Å². The molecule has 2 saturated heterocycles. The molecule has 2 N–H and O–H groups in total. The van der Waals surface area contributed by atoms with E-state index in [-0.39, 0.29) is 12.1 Å². The highest BCUT2D eigenvalue weighted by Gasteiger charge is 2.35. The highest BCUT2D eigenvalue weighted by atomic mass is 16.2. The Bertz CT molecular complexity index is 454. The summed E-state index contributed by atoms with van der Waals surface area (Å²) in [6.07, 6.45) is 1.06. The van der Waals surface area contributed by atoms with Crippen LogP contribution in [0.5, 0.6) is 0 Å². The van der Waals surface area contributed by atoms with Gasteiger partial charge in [-0.1, -0.05) is 24.3 Å². The summed E-state index contributed by atoms with van der Waals surface area (Å²) in [5.41, 5.74) is 2.48. The van der Waals surface area contributed by atoms with Crippen molar-refractivity contribution in [1.29, 1.82) is 0 Å². The number of amides is 2. The number of nitrogens with zero attached hydrogens (tertiary/aromatic N) is 1. The van der Waals surface area contributed by atoms with Gasteiger partial charge in [0.2, 0.25) is 0 Å². The fourth-order valence-electron chi connectivity index (χ4n) is 2.93. The number of rotatable bonds is 2. The van der Waals surface area contributed by atoms with Gasteiger partial charge in [-0.3, -0.25) is 0 Å². The third-order valence-corrected chi connectivity index (χ3v) is 3.98. The monoisotopic (exact) mass is 245 g/mol. The molecule has 2 aliphatic heterocycles. The molecule has 96 valence electrons. The Morgan fingerprint density at radius 2 is 2.17 bits per heavy atom. The van der Waals surface area contributed by atoms with Gasteiger partial charge in [0.15, 0.2) is 0 Å². The highest BCUT2D eigenvalue weighted by molar-refractivity contribution is 5.77. The van der Waals surface area contributed by atoms with Crippen molar-refractivity contribution in [1.82, 2.24) is 15.5 Å². The smallest absolute Gasteiger partial charge is 0.318 e. The first-order valence-corrected chi connectivity index (χ1v) is 6.59. The van der Waals surface area contributed by atoms with Gasteiger partial charge in [-0.05, 0) is 31.0 Å². The van der Waals surface area contributed by atoms with Crippen LogP contribution in [0.3, 0.4) is 0 Å². The summed E-state index contributed by atoms with van der Waals surface area (Å²) in [7, 11) is 0. The van der Waals surface area contributed by atoms with Crippen molar-refractivity contribution in [3.63, 3.8) is 0 Å². The van der Waals surface area contributed by atoms with E-state index in [2.05, 4.69) is 29.7 Å². The van der Waals surface area contributed by atoms with E-state index in [0.717, 1.165) is 26.1 Å². The predicted octanol–water partition coefficient (Wildman–Crippen LogP) is 1.42. The van der Waals surface area contributed by atoms with Gasteiger partial charge in [0.25, 0.3) is 0 Å².